The molecule has 0 radical (unpaired) electrons. The molecule has 0 bridgehead atoms. The fourth-order valence-electron chi connectivity index (χ4n) is 1.30. The first-order valence-corrected chi connectivity index (χ1v) is 4.72. The van der Waals surface area contributed by atoms with Crippen LogP contribution in [0.1, 0.15) is 24.1 Å². The molecule has 0 unspecified atom stereocenters. The molecule has 0 spiro atoms. The van der Waals surface area contributed by atoms with Gasteiger partial charge in [0.15, 0.2) is 0 Å². The van der Waals surface area contributed by atoms with Gasteiger partial charge in [-0.3, -0.25) is 0 Å². The zero-order valence-electron chi connectivity index (χ0n) is 7.88. The molecule has 3 nitrogen and oxygen atoms in total. The van der Waals surface area contributed by atoms with Gasteiger partial charge in [0, 0.05) is 23.8 Å². The lowest BCUT2D eigenvalue weighted by atomic mass is 10.2. The fraction of sp³-hybridized carbons (Fsp3) is 0.500. The van der Waals surface area contributed by atoms with Gasteiger partial charge >= 0.3 is 0 Å². The summed E-state index contributed by atoms with van der Waals surface area (Å²) in [6, 6.07) is 4.69. The van der Waals surface area contributed by atoms with Crippen LogP contribution in [0.2, 0.25) is 0 Å². The molecule has 3 N–H and O–H groups in total. The third-order valence-corrected chi connectivity index (χ3v) is 2.26. The number of rotatable bonds is 3. The normalized spacial score (nSPS) is 15.8. The predicted molar refractivity (Wildman–Crippen MR) is 53.5 cm³/mol. The second-order valence-electron chi connectivity index (χ2n) is 3.58. The van der Waals surface area contributed by atoms with Gasteiger partial charge in [0.25, 0.3) is 0 Å². The Morgan fingerprint density at radius 3 is 2.92 bits per heavy atom. The Morgan fingerprint density at radius 2 is 2.31 bits per heavy atom. The minimum atomic E-state index is 0.558. The molecule has 70 valence electrons. The number of nitrogens with two attached hydrogens (primary N) is 1. The Labute approximate surface area is 78.4 Å². The first-order valence-electron chi connectivity index (χ1n) is 4.72. The van der Waals surface area contributed by atoms with Gasteiger partial charge in [-0.1, -0.05) is 6.07 Å². The molecule has 0 amide bonds. The van der Waals surface area contributed by atoms with Gasteiger partial charge in [-0.2, -0.15) is 0 Å². The molecular formula is C10H15N3. The van der Waals surface area contributed by atoms with Crippen LogP contribution in [0.3, 0.4) is 0 Å². The summed E-state index contributed by atoms with van der Waals surface area (Å²) in [5, 5.41) is 3.39. The van der Waals surface area contributed by atoms with Crippen molar-refractivity contribution in [3.05, 3.63) is 23.4 Å². The Kier molecular flexibility index (Phi) is 2.19. The van der Waals surface area contributed by atoms with Crippen LogP contribution >= 0.6 is 0 Å². The lowest BCUT2D eigenvalue weighted by Gasteiger charge is -2.09. The summed E-state index contributed by atoms with van der Waals surface area (Å²) in [5.74, 6) is 0.977. The van der Waals surface area contributed by atoms with E-state index in [1.165, 1.54) is 12.8 Å². The summed E-state index contributed by atoms with van der Waals surface area (Å²) in [6.45, 7) is 2.56. The second kappa shape index (κ2) is 3.34. The number of aromatic nitrogens is 1. The van der Waals surface area contributed by atoms with E-state index < -0.39 is 0 Å². The quantitative estimate of drug-likeness (QED) is 0.734. The average Bonchev–Trinajstić information content (AvgIpc) is 2.89. The van der Waals surface area contributed by atoms with Crippen LogP contribution in [0.4, 0.5) is 5.82 Å². The molecule has 0 aliphatic heterocycles. The molecule has 3 heteroatoms. The molecule has 1 aromatic rings. The molecule has 0 saturated heterocycles. The van der Waals surface area contributed by atoms with E-state index in [2.05, 4.69) is 10.3 Å². The maximum Gasteiger partial charge on any atom is 0.130 e. The van der Waals surface area contributed by atoms with Crippen molar-refractivity contribution in [1.29, 1.82) is 0 Å². The topological polar surface area (TPSA) is 50.9 Å². The highest BCUT2D eigenvalue weighted by Gasteiger charge is 2.22. The number of aryl methyl sites for hydroxylation is 1. The predicted octanol–water partition coefficient (Wildman–Crippen LogP) is 1.42. The van der Waals surface area contributed by atoms with Gasteiger partial charge in [0.05, 0.1) is 0 Å². The van der Waals surface area contributed by atoms with E-state index in [4.69, 9.17) is 5.73 Å². The molecule has 1 fully saturated rings. The minimum absolute atomic E-state index is 0.558. The molecule has 1 saturated carbocycles. The van der Waals surface area contributed by atoms with Crippen LogP contribution in [0.15, 0.2) is 12.1 Å². The van der Waals surface area contributed by atoms with Crippen molar-refractivity contribution in [2.45, 2.75) is 32.4 Å². The monoisotopic (exact) mass is 177 g/mol. The number of nitrogens with one attached hydrogen (secondary N) is 1. The van der Waals surface area contributed by atoms with Gasteiger partial charge in [-0.05, 0) is 25.8 Å². The summed E-state index contributed by atoms with van der Waals surface area (Å²) >= 11 is 0. The summed E-state index contributed by atoms with van der Waals surface area (Å²) in [5.41, 5.74) is 7.77. The van der Waals surface area contributed by atoms with Crippen LogP contribution in [-0.2, 0) is 6.54 Å². The van der Waals surface area contributed by atoms with Crippen molar-refractivity contribution in [3.63, 3.8) is 0 Å². The molecule has 1 aliphatic rings. The molecule has 0 atom stereocenters. The van der Waals surface area contributed by atoms with Gasteiger partial charge in [-0.25, -0.2) is 4.98 Å². The van der Waals surface area contributed by atoms with Gasteiger partial charge in [-0.15, -0.1) is 0 Å². The van der Waals surface area contributed by atoms with E-state index >= 15 is 0 Å². The minimum Gasteiger partial charge on any atom is -0.367 e. The number of hydrogen-bond donors (Lipinski definition) is 2. The standard InChI is InChI=1S/C10H15N3/c1-7-2-3-8(6-11)10(12-7)13-9-4-5-9/h2-3,9H,4-6,11H2,1H3,(H,12,13). The molecule has 1 aliphatic carbocycles. The van der Waals surface area contributed by atoms with Crippen molar-refractivity contribution in [3.8, 4) is 0 Å². The van der Waals surface area contributed by atoms with E-state index in [1.54, 1.807) is 0 Å². The van der Waals surface area contributed by atoms with Crippen molar-refractivity contribution in [2.24, 2.45) is 5.73 Å². The maximum absolute atomic E-state index is 5.62. The lowest BCUT2D eigenvalue weighted by Crippen LogP contribution is -2.09. The summed E-state index contributed by atoms with van der Waals surface area (Å²) < 4.78 is 0. The Morgan fingerprint density at radius 1 is 1.54 bits per heavy atom. The van der Waals surface area contributed by atoms with E-state index in [0.29, 0.717) is 12.6 Å². The van der Waals surface area contributed by atoms with Crippen LogP contribution in [0.5, 0.6) is 0 Å². The number of pyridine rings is 1. The third-order valence-electron chi connectivity index (χ3n) is 2.26. The van der Waals surface area contributed by atoms with Crippen molar-refractivity contribution in [1.82, 2.24) is 4.98 Å². The molecule has 13 heavy (non-hydrogen) atoms. The first-order chi connectivity index (χ1) is 6.29. The smallest absolute Gasteiger partial charge is 0.130 e. The molecule has 1 aromatic heterocycles. The second-order valence-corrected chi connectivity index (χ2v) is 3.58. The van der Waals surface area contributed by atoms with Gasteiger partial charge in [0.1, 0.15) is 5.82 Å². The zero-order valence-corrected chi connectivity index (χ0v) is 7.88. The number of anilines is 1. The lowest BCUT2D eigenvalue weighted by molar-refractivity contribution is 1.01. The largest absolute Gasteiger partial charge is 0.367 e. The van der Waals surface area contributed by atoms with E-state index in [0.717, 1.165) is 17.1 Å². The number of hydrogen-bond acceptors (Lipinski definition) is 3. The van der Waals surface area contributed by atoms with Gasteiger partial charge in [0.2, 0.25) is 0 Å². The molecular weight excluding hydrogens is 162 g/mol. The molecule has 2 rings (SSSR count). The fourth-order valence-corrected chi connectivity index (χ4v) is 1.30. The van der Waals surface area contributed by atoms with Crippen LogP contribution < -0.4 is 11.1 Å². The first kappa shape index (κ1) is 8.51. The van der Waals surface area contributed by atoms with Crippen molar-refractivity contribution in [2.75, 3.05) is 5.32 Å². The summed E-state index contributed by atoms with van der Waals surface area (Å²) in [7, 11) is 0. The SMILES string of the molecule is Cc1ccc(CN)c(NC2CC2)n1. The van der Waals surface area contributed by atoms with Crippen molar-refractivity contribution >= 4 is 5.82 Å². The maximum atomic E-state index is 5.62. The van der Waals surface area contributed by atoms with E-state index in [1.807, 2.05) is 19.1 Å². The molecule has 0 aromatic carbocycles. The molecule has 1 heterocycles. The summed E-state index contributed by atoms with van der Waals surface area (Å²) in [6.07, 6.45) is 2.53. The van der Waals surface area contributed by atoms with Crippen LogP contribution in [0.25, 0.3) is 0 Å². The number of nitrogens with zero attached hydrogens (tertiary/aromatic N) is 1. The highest BCUT2D eigenvalue weighted by Crippen LogP contribution is 2.25. The van der Waals surface area contributed by atoms with E-state index in [-0.39, 0.29) is 0 Å². The zero-order chi connectivity index (χ0) is 9.26. The Balaban J connectivity index is 2.22. The van der Waals surface area contributed by atoms with Crippen molar-refractivity contribution < 1.29 is 0 Å². The van der Waals surface area contributed by atoms with E-state index in [9.17, 15) is 0 Å². The summed E-state index contributed by atoms with van der Waals surface area (Å²) in [4.78, 5) is 4.43. The highest BCUT2D eigenvalue weighted by molar-refractivity contribution is 5.46. The van der Waals surface area contributed by atoms with Gasteiger partial charge < -0.3 is 11.1 Å². The Bertz CT molecular complexity index is 305. The third kappa shape index (κ3) is 1.98. The highest BCUT2D eigenvalue weighted by atomic mass is 15.0. The Hall–Kier alpha value is -1.09. The van der Waals surface area contributed by atoms with Crippen LogP contribution in [0, 0.1) is 6.92 Å². The average molecular weight is 177 g/mol. The van der Waals surface area contributed by atoms with Crippen LogP contribution in [-0.4, -0.2) is 11.0 Å².